The Hall–Kier alpha value is -0.340. The van der Waals surface area contributed by atoms with Crippen LogP contribution in [-0.4, -0.2) is 12.6 Å². The molecule has 1 aromatic rings. The predicted octanol–water partition coefficient (Wildman–Crippen LogP) is 4.65. The van der Waals surface area contributed by atoms with Crippen LogP contribution in [0.5, 0.6) is 0 Å². The average molecular weight is 312 g/mol. The SMILES string of the molecule is CCCNC(C)C(Cc1ccccc1Br)C(C)C. The van der Waals surface area contributed by atoms with Crippen LogP contribution in [0.3, 0.4) is 0 Å². The van der Waals surface area contributed by atoms with E-state index in [0.29, 0.717) is 17.9 Å². The minimum atomic E-state index is 0.567. The van der Waals surface area contributed by atoms with Crippen LogP contribution in [0.4, 0.5) is 0 Å². The van der Waals surface area contributed by atoms with Gasteiger partial charge in [-0.2, -0.15) is 0 Å². The second-order valence-electron chi connectivity index (χ2n) is 5.45. The molecular weight excluding hydrogens is 286 g/mol. The highest BCUT2D eigenvalue weighted by Gasteiger charge is 2.21. The maximum absolute atomic E-state index is 3.66. The molecule has 0 radical (unpaired) electrons. The Bertz CT molecular complexity index is 349. The topological polar surface area (TPSA) is 12.0 Å². The molecule has 1 N–H and O–H groups in total. The zero-order valence-electron chi connectivity index (χ0n) is 12.0. The number of benzene rings is 1. The molecule has 0 amide bonds. The fraction of sp³-hybridized carbons (Fsp3) is 0.625. The summed E-state index contributed by atoms with van der Waals surface area (Å²) in [4.78, 5) is 0. The van der Waals surface area contributed by atoms with E-state index >= 15 is 0 Å². The second-order valence-corrected chi connectivity index (χ2v) is 6.30. The van der Waals surface area contributed by atoms with Gasteiger partial charge >= 0.3 is 0 Å². The van der Waals surface area contributed by atoms with Crippen molar-refractivity contribution < 1.29 is 0 Å². The van der Waals surface area contributed by atoms with Crippen molar-refractivity contribution in [3.63, 3.8) is 0 Å². The molecule has 0 spiro atoms. The van der Waals surface area contributed by atoms with Gasteiger partial charge in [-0.15, -0.1) is 0 Å². The molecule has 0 aliphatic heterocycles. The molecule has 0 fully saturated rings. The first kappa shape index (κ1) is 15.7. The molecular formula is C16H26BrN. The van der Waals surface area contributed by atoms with Crippen molar-refractivity contribution in [1.82, 2.24) is 5.32 Å². The van der Waals surface area contributed by atoms with Gasteiger partial charge in [0, 0.05) is 10.5 Å². The normalized spacial score (nSPS) is 14.8. The molecule has 1 nitrogen and oxygen atoms in total. The summed E-state index contributed by atoms with van der Waals surface area (Å²) in [5, 5.41) is 3.64. The molecule has 1 rings (SSSR count). The van der Waals surface area contributed by atoms with Crippen LogP contribution in [0.15, 0.2) is 28.7 Å². The van der Waals surface area contributed by atoms with Crippen molar-refractivity contribution in [3.05, 3.63) is 34.3 Å². The molecule has 2 unspecified atom stereocenters. The third-order valence-electron chi connectivity index (χ3n) is 3.63. The minimum Gasteiger partial charge on any atom is -0.314 e. The van der Waals surface area contributed by atoms with Crippen molar-refractivity contribution >= 4 is 15.9 Å². The van der Waals surface area contributed by atoms with E-state index in [2.05, 4.69) is 73.2 Å². The Kier molecular flexibility index (Phi) is 6.95. The summed E-state index contributed by atoms with van der Waals surface area (Å²) >= 11 is 3.66. The smallest absolute Gasteiger partial charge is 0.0207 e. The first-order valence-corrected chi connectivity index (χ1v) is 7.82. The van der Waals surface area contributed by atoms with Crippen LogP contribution in [0.25, 0.3) is 0 Å². The van der Waals surface area contributed by atoms with Crippen molar-refractivity contribution in [2.45, 2.75) is 46.6 Å². The van der Waals surface area contributed by atoms with Crippen LogP contribution in [0.1, 0.15) is 39.7 Å². The van der Waals surface area contributed by atoms with Gasteiger partial charge in [0.15, 0.2) is 0 Å². The molecule has 0 saturated carbocycles. The minimum absolute atomic E-state index is 0.567. The van der Waals surface area contributed by atoms with Gasteiger partial charge < -0.3 is 5.32 Å². The third-order valence-corrected chi connectivity index (χ3v) is 4.40. The lowest BCUT2D eigenvalue weighted by Crippen LogP contribution is -2.37. The number of hydrogen-bond acceptors (Lipinski definition) is 1. The van der Waals surface area contributed by atoms with Crippen LogP contribution in [0.2, 0.25) is 0 Å². The van der Waals surface area contributed by atoms with Crippen LogP contribution >= 0.6 is 15.9 Å². The average Bonchev–Trinajstić information content (AvgIpc) is 2.34. The highest BCUT2D eigenvalue weighted by Crippen LogP contribution is 2.25. The Labute approximate surface area is 120 Å². The summed E-state index contributed by atoms with van der Waals surface area (Å²) in [5.41, 5.74) is 1.42. The van der Waals surface area contributed by atoms with Crippen LogP contribution < -0.4 is 5.32 Å². The van der Waals surface area contributed by atoms with Crippen molar-refractivity contribution in [3.8, 4) is 0 Å². The molecule has 1 aromatic carbocycles. The number of nitrogens with one attached hydrogen (secondary N) is 1. The maximum atomic E-state index is 3.66. The fourth-order valence-electron chi connectivity index (χ4n) is 2.43. The second kappa shape index (κ2) is 7.96. The molecule has 0 saturated heterocycles. The van der Waals surface area contributed by atoms with E-state index in [0.717, 1.165) is 13.0 Å². The van der Waals surface area contributed by atoms with Gasteiger partial charge in [0.2, 0.25) is 0 Å². The molecule has 2 heteroatoms. The molecule has 0 aliphatic rings. The maximum Gasteiger partial charge on any atom is 0.0207 e. The largest absolute Gasteiger partial charge is 0.314 e. The van der Waals surface area contributed by atoms with Gasteiger partial charge in [0.1, 0.15) is 0 Å². The van der Waals surface area contributed by atoms with Gasteiger partial charge in [-0.3, -0.25) is 0 Å². The van der Waals surface area contributed by atoms with E-state index < -0.39 is 0 Å². The Morgan fingerprint density at radius 1 is 1.17 bits per heavy atom. The van der Waals surface area contributed by atoms with E-state index in [1.165, 1.54) is 16.5 Å². The highest BCUT2D eigenvalue weighted by molar-refractivity contribution is 9.10. The van der Waals surface area contributed by atoms with E-state index in [4.69, 9.17) is 0 Å². The van der Waals surface area contributed by atoms with E-state index in [1.54, 1.807) is 0 Å². The van der Waals surface area contributed by atoms with Gasteiger partial charge in [0.05, 0.1) is 0 Å². The van der Waals surface area contributed by atoms with Crippen molar-refractivity contribution in [2.75, 3.05) is 6.54 Å². The lowest BCUT2D eigenvalue weighted by Gasteiger charge is -2.29. The van der Waals surface area contributed by atoms with E-state index in [1.807, 2.05) is 0 Å². The summed E-state index contributed by atoms with van der Waals surface area (Å²) in [5.74, 6) is 1.37. The third kappa shape index (κ3) is 4.74. The Morgan fingerprint density at radius 2 is 1.83 bits per heavy atom. The van der Waals surface area contributed by atoms with E-state index in [9.17, 15) is 0 Å². The van der Waals surface area contributed by atoms with E-state index in [-0.39, 0.29) is 0 Å². The van der Waals surface area contributed by atoms with Crippen LogP contribution in [-0.2, 0) is 6.42 Å². The van der Waals surface area contributed by atoms with Crippen molar-refractivity contribution in [2.24, 2.45) is 11.8 Å². The Balaban J connectivity index is 2.71. The Morgan fingerprint density at radius 3 is 2.39 bits per heavy atom. The molecule has 2 atom stereocenters. The summed E-state index contributed by atoms with van der Waals surface area (Å²) in [6.07, 6.45) is 2.33. The first-order chi connectivity index (χ1) is 8.56. The lowest BCUT2D eigenvalue weighted by molar-refractivity contribution is 0.289. The summed E-state index contributed by atoms with van der Waals surface area (Å²) in [6, 6.07) is 9.14. The predicted molar refractivity (Wildman–Crippen MR) is 83.9 cm³/mol. The van der Waals surface area contributed by atoms with Gasteiger partial charge in [-0.25, -0.2) is 0 Å². The lowest BCUT2D eigenvalue weighted by atomic mass is 9.84. The quantitative estimate of drug-likeness (QED) is 0.772. The summed E-state index contributed by atoms with van der Waals surface area (Å²) in [6.45, 7) is 10.3. The number of rotatable bonds is 7. The monoisotopic (exact) mass is 311 g/mol. The highest BCUT2D eigenvalue weighted by atomic mass is 79.9. The van der Waals surface area contributed by atoms with Crippen LogP contribution in [0, 0.1) is 11.8 Å². The molecule has 18 heavy (non-hydrogen) atoms. The number of hydrogen-bond donors (Lipinski definition) is 1. The van der Waals surface area contributed by atoms with Crippen molar-refractivity contribution in [1.29, 1.82) is 0 Å². The van der Waals surface area contributed by atoms with Gasteiger partial charge in [-0.05, 0) is 49.8 Å². The first-order valence-electron chi connectivity index (χ1n) is 7.03. The number of halogens is 1. The molecule has 0 heterocycles. The standard InChI is InChI=1S/C16H26BrN/c1-5-10-18-13(4)15(12(2)3)11-14-8-6-7-9-16(14)17/h6-9,12-13,15,18H,5,10-11H2,1-4H3. The zero-order valence-corrected chi connectivity index (χ0v) is 13.6. The van der Waals surface area contributed by atoms with Gasteiger partial charge in [-0.1, -0.05) is 54.9 Å². The molecule has 102 valence electrons. The molecule has 0 bridgehead atoms. The summed E-state index contributed by atoms with van der Waals surface area (Å²) in [7, 11) is 0. The summed E-state index contributed by atoms with van der Waals surface area (Å²) < 4.78 is 1.23. The molecule has 0 aromatic heterocycles. The fourth-order valence-corrected chi connectivity index (χ4v) is 2.88. The van der Waals surface area contributed by atoms with Gasteiger partial charge in [0.25, 0.3) is 0 Å². The molecule has 0 aliphatic carbocycles. The zero-order chi connectivity index (χ0) is 13.5.